The van der Waals surface area contributed by atoms with Crippen molar-refractivity contribution < 1.29 is 19.4 Å². The molecule has 1 N–H and O–H groups in total. The Kier molecular flexibility index (Phi) is 5.47. The summed E-state index contributed by atoms with van der Waals surface area (Å²) in [7, 11) is 0. The third-order valence-electron chi connectivity index (χ3n) is 3.28. The van der Waals surface area contributed by atoms with Gasteiger partial charge in [0.1, 0.15) is 11.3 Å². The number of esters is 1. The highest BCUT2D eigenvalue weighted by Crippen LogP contribution is 2.31. The number of benzene rings is 1. The van der Waals surface area contributed by atoms with Crippen LogP contribution < -0.4 is 0 Å². The van der Waals surface area contributed by atoms with Crippen LogP contribution in [0.25, 0.3) is 0 Å². The maximum Gasteiger partial charge on any atom is 0.342 e. The Morgan fingerprint density at radius 3 is 2.62 bits per heavy atom. The zero-order valence-electron chi connectivity index (χ0n) is 11.3. The second kappa shape index (κ2) is 7.13. The summed E-state index contributed by atoms with van der Waals surface area (Å²) in [6.45, 7) is 1.07. The minimum Gasteiger partial charge on any atom is -0.506 e. The lowest BCUT2D eigenvalue weighted by Gasteiger charge is -2.26. The van der Waals surface area contributed by atoms with Gasteiger partial charge >= 0.3 is 5.97 Å². The quantitative estimate of drug-likeness (QED) is 0.824. The van der Waals surface area contributed by atoms with Gasteiger partial charge in [-0.15, -0.1) is 0 Å². The van der Waals surface area contributed by atoms with Gasteiger partial charge < -0.3 is 14.7 Å². The summed E-state index contributed by atoms with van der Waals surface area (Å²) < 4.78 is 5.26. The van der Waals surface area contributed by atoms with Crippen molar-refractivity contribution in [2.24, 2.45) is 0 Å². The van der Waals surface area contributed by atoms with Gasteiger partial charge in [0, 0.05) is 18.1 Å². The summed E-state index contributed by atoms with van der Waals surface area (Å²) in [5.41, 5.74) is -0.0687. The largest absolute Gasteiger partial charge is 0.506 e. The Hall–Kier alpha value is -1.27. The number of carbonyl (C=O) groups is 2. The molecule has 0 unspecified atom stereocenters. The monoisotopic (exact) mass is 375 g/mol. The number of nitrogens with zero attached hydrogens (tertiary/aromatic N) is 1. The molecule has 1 fully saturated rings. The summed E-state index contributed by atoms with van der Waals surface area (Å²) in [4.78, 5) is 25.5. The predicted octanol–water partition coefficient (Wildman–Crippen LogP) is 2.98. The predicted molar refractivity (Wildman–Crippen MR) is 81.5 cm³/mol. The Balaban J connectivity index is 1.97. The molecular weight excluding hydrogens is 362 g/mol. The highest BCUT2D eigenvalue weighted by molar-refractivity contribution is 9.10. The normalized spacial score (nSPS) is 14.9. The van der Waals surface area contributed by atoms with Crippen LogP contribution in [0, 0.1) is 0 Å². The topological polar surface area (TPSA) is 66.8 Å². The van der Waals surface area contributed by atoms with Gasteiger partial charge in [-0.2, -0.15) is 0 Å². The van der Waals surface area contributed by atoms with Gasteiger partial charge in [-0.1, -0.05) is 11.6 Å². The fourth-order valence-corrected chi connectivity index (χ4v) is 2.97. The van der Waals surface area contributed by atoms with E-state index in [2.05, 4.69) is 15.9 Å². The van der Waals surface area contributed by atoms with Crippen molar-refractivity contribution in [3.05, 3.63) is 27.2 Å². The molecule has 0 atom stereocenters. The molecule has 7 heteroatoms. The minimum atomic E-state index is -0.777. The van der Waals surface area contributed by atoms with E-state index >= 15 is 0 Å². The van der Waals surface area contributed by atoms with Crippen LogP contribution in [0.2, 0.25) is 5.02 Å². The standard InChI is InChI=1S/C14H15BrClNO4/c15-11-7-9(16)6-10(13(11)19)14(20)21-8-12(18)17-4-2-1-3-5-17/h6-7,19H,1-5,8H2. The molecule has 0 aromatic heterocycles. The summed E-state index contributed by atoms with van der Waals surface area (Å²) in [6.07, 6.45) is 3.07. The zero-order chi connectivity index (χ0) is 15.4. The third-order valence-corrected chi connectivity index (χ3v) is 4.11. The van der Waals surface area contributed by atoms with Crippen LogP contribution in [0.3, 0.4) is 0 Å². The average Bonchev–Trinajstić information content (AvgIpc) is 2.49. The molecular formula is C14H15BrClNO4. The fraction of sp³-hybridized carbons (Fsp3) is 0.429. The van der Waals surface area contributed by atoms with Gasteiger partial charge in [-0.05, 0) is 47.3 Å². The zero-order valence-corrected chi connectivity index (χ0v) is 13.6. The van der Waals surface area contributed by atoms with Crippen molar-refractivity contribution in [2.75, 3.05) is 19.7 Å². The van der Waals surface area contributed by atoms with E-state index in [1.807, 2.05) is 0 Å². The number of piperidine rings is 1. The molecule has 0 aliphatic carbocycles. The van der Waals surface area contributed by atoms with Gasteiger partial charge in [0.2, 0.25) is 0 Å². The van der Waals surface area contributed by atoms with E-state index in [9.17, 15) is 14.7 Å². The molecule has 1 aromatic rings. The lowest BCUT2D eigenvalue weighted by atomic mass is 10.1. The van der Waals surface area contributed by atoms with Crippen molar-refractivity contribution in [1.82, 2.24) is 4.90 Å². The van der Waals surface area contributed by atoms with E-state index in [1.54, 1.807) is 4.90 Å². The number of halogens is 2. The minimum absolute atomic E-state index is 0.0687. The Morgan fingerprint density at radius 1 is 1.29 bits per heavy atom. The van der Waals surface area contributed by atoms with Crippen molar-refractivity contribution in [1.29, 1.82) is 0 Å². The van der Waals surface area contributed by atoms with Crippen LogP contribution in [0.4, 0.5) is 0 Å². The van der Waals surface area contributed by atoms with E-state index in [0.717, 1.165) is 19.3 Å². The molecule has 1 saturated heterocycles. The van der Waals surface area contributed by atoms with E-state index in [0.29, 0.717) is 17.6 Å². The number of hydrogen-bond acceptors (Lipinski definition) is 4. The molecule has 0 saturated carbocycles. The van der Waals surface area contributed by atoms with Gasteiger partial charge in [0.15, 0.2) is 6.61 Å². The van der Waals surface area contributed by atoms with E-state index in [4.69, 9.17) is 16.3 Å². The van der Waals surface area contributed by atoms with Crippen LogP contribution >= 0.6 is 27.5 Å². The number of amides is 1. The molecule has 2 rings (SSSR count). The summed E-state index contributed by atoms with van der Waals surface area (Å²) in [6, 6.07) is 2.77. The van der Waals surface area contributed by atoms with Crippen LogP contribution in [0.5, 0.6) is 5.75 Å². The molecule has 0 spiro atoms. The summed E-state index contributed by atoms with van der Waals surface area (Å²) in [5.74, 6) is -1.25. The first-order valence-electron chi connectivity index (χ1n) is 6.62. The Bertz CT molecular complexity index is 558. The maximum absolute atomic E-state index is 11.9. The van der Waals surface area contributed by atoms with E-state index in [-0.39, 0.29) is 28.8 Å². The second-order valence-electron chi connectivity index (χ2n) is 4.80. The van der Waals surface area contributed by atoms with Gasteiger partial charge in [0.05, 0.1) is 4.47 Å². The molecule has 1 heterocycles. The number of aromatic hydroxyl groups is 1. The highest BCUT2D eigenvalue weighted by Gasteiger charge is 2.21. The molecule has 1 aliphatic heterocycles. The lowest BCUT2D eigenvalue weighted by Crippen LogP contribution is -2.38. The molecule has 1 aromatic carbocycles. The molecule has 21 heavy (non-hydrogen) atoms. The Labute approximate surface area is 136 Å². The van der Waals surface area contributed by atoms with Crippen LogP contribution in [0.1, 0.15) is 29.6 Å². The SMILES string of the molecule is O=C(OCC(=O)N1CCCCC1)c1cc(Cl)cc(Br)c1O. The number of rotatable bonds is 3. The van der Waals surface area contributed by atoms with E-state index < -0.39 is 5.97 Å². The van der Waals surface area contributed by atoms with Crippen molar-refractivity contribution in [2.45, 2.75) is 19.3 Å². The maximum atomic E-state index is 11.9. The molecule has 5 nitrogen and oxygen atoms in total. The van der Waals surface area contributed by atoms with Crippen molar-refractivity contribution in [3.63, 3.8) is 0 Å². The van der Waals surface area contributed by atoms with Crippen LogP contribution in [-0.4, -0.2) is 41.6 Å². The number of ether oxygens (including phenoxy) is 1. The number of carbonyl (C=O) groups excluding carboxylic acids is 2. The van der Waals surface area contributed by atoms with Crippen LogP contribution in [-0.2, 0) is 9.53 Å². The number of phenols is 1. The smallest absolute Gasteiger partial charge is 0.342 e. The molecule has 0 bridgehead atoms. The van der Waals surface area contributed by atoms with Gasteiger partial charge in [0.25, 0.3) is 5.91 Å². The van der Waals surface area contributed by atoms with Crippen molar-refractivity contribution >= 4 is 39.4 Å². The molecule has 0 radical (unpaired) electrons. The van der Waals surface area contributed by atoms with Gasteiger partial charge in [-0.25, -0.2) is 4.79 Å². The van der Waals surface area contributed by atoms with Gasteiger partial charge in [-0.3, -0.25) is 4.79 Å². The first kappa shape index (κ1) is 16.1. The third kappa shape index (κ3) is 4.11. The number of hydrogen-bond donors (Lipinski definition) is 1. The Morgan fingerprint density at radius 2 is 1.95 bits per heavy atom. The van der Waals surface area contributed by atoms with E-state index in [1.165, 1.54) is 12.1 Å². The highest BCUT2D eigenvalue weighted by atomic mass is 79.9. The summed E-state index contributed by atoms with van der Waals surface area (Å²) in [5, 5.41) is 10.1. The average molecular weight is 377 g/mol. The molecule has 1 aliphatic rings. The number of likely N-dealkylation sites (tertiary alicyclic amines) is 1. The van der Waals surface area contributed by atoms with Crippen molar-refractivity contribution in [3.8, 4) is 5.75 Å². The first-order valence-corrected chi connectivity index (χ1v) is 7.79. The summed E-state index contributed by atoms with van der Waals surface area (Å²) >= 11 is 8.92. The number of phenolic OH excluding ortho intramolecular Hbond substituents is 1. The fourth-order valence-electron chi connectivity index (χ4n) is 2.16. The second-order valence-corrected chi connectivity index (χ2v) is 6.09. The van der Waals surface area contributed by atoms with Crippen LogP contribution in [0.15, 0.2) is 16.6 Å². The first-order chi connectivity index (χ1) is 9.99. The lowest BCUT2D eigenvalue weighted by molar-refractivity contribution is -0.135. The molecule has 1 amide bonds. The molecule has 114 valence electrons.